The molecule has 1 saturated carbocycles. The van der Waals surface area contributed by atoms with E-state index < -0.39 is 0 Å². The van der Waals surface area contributed by atoms with Crippen molar-refractivity contribution < 1.29 is 0 Å². The normalized spacial score (nSPS) is 46.6. The van der Waals surface area contributed by atoms with Crippen molar-refractivity contribution in [3.05, 3.63) is 0 Å². The van der Waals surface area contributed by atoms with Gasteiger partial charge in [-0.3, -0.25) is 0 Å². The van der Waals surface area contributed by atoms with Gasteiger partial charge in [-0.05, 0) is 38.1 Å². The Balaban J connectivity index is 2.03. The first-order valence-corrected chi connectivity index (χ1v) is 5.67. The maximum atomic E-state index is 6.22. The van der Waals surface area contributed by atoms with E-state index in [1.165, 1.54) is 38.6 Å². The average molecular weight is 182 g/mol. The molecule has 3 unspecified atom stereocenters. The highest BCUT2D eigenvalue weighted by Gasteiger charge is 2.33. The fourth-order valence-electron chi connectivity index (χ4n) is 3.04. The smallest absolute Gasteiger partial charge is 0.0254 e. The van der Waals surface area contributed by atoms with Crippen LogP contribution in [0.4, 0.5) is 0 Å². The van der Waals surface area contributed by atoms with Crippen molar-refractivity contribution in [3.63, 3.8) is 0 Å². The van der Waals surface area contributed by atoms with E-state index in [1.807, 2.05) is 0 Å². The van der Waals surface area contributed by atoms with Crippen LogP contribution in [0.15, 0.2) is 0 Å². The standard InChI is InChI=1S/C11H22N2/c1-11(12)6-9-4-2-3-5-10(9)7-13-8-11/h9-10,13H,2-8,12H2,1H3. The summed E-state index contributed by atoms with van der Waals surface area (Å²) in [4.78, 5) is 0. The van der Waals surface area contributed by atoms with Crippen LogP contribution >= 0.6 is 0 Å². The van der Waals surface area contributed by atoms with E-state index in [2.05, 4.69) is 12.2 Å². The zero-order chi connectivity index (χ0) is 9.31. The first-order valence-electron chi connectivity index (χ1n) is 5.67. The van der Waals surface area contributed by atoms with E-state index in [-0.39, 0.29) is 5.54 Å². The molecule has 0 spiro atoms. The third-order valence-corrected chi connectivity index (χ3v) is 3.73. The summed E-state index contributed by atoms with van der Waals surface area (Å²) in [5, 5.41) is 3.51. The summed E-state index contributed by atoms with van der Waals surface area (Å²) in [6.45, 7) is 4.40. The highest BCUT2D eigenvalue weighted by atomic mass is 14.9. The van der Waals surface area contributed by atoms with Gasteiger partial charge in [-0.15, -0.1) is 0 Å². The minimum Gasteiger partial charge on any atom is -0.324 e. The Morgan fingerprint density at radius 1 is 1.23 bits per heavy atom. The molecular weight excluding hydrogens is 160 g/mol. The molecule has 1 saturated heterocycles. The molecule has 2 nitrogen and oxygen atoms in total. The van der Waals surface area contributed by atoms with Crippen molar-refractivity contribution in [2.24, 2.45) is 17.6 Å². The molecule has 2 heteroatoms. The summed E-state index contributed by atoms with van der Waals surface area (Å²) in [5.41, 5.74) is 6.26. The minimum atomic E-state index is 0.0384. The van der Waals surface area contributed by atoms with Gasteiger partial charge in [0.25, 0.3) is 0 Å². The molecule has 13 heavy (non-hydrogen) atoms. The van der Waals surface area contributed by atoms with Gasteiger partial charge in [-0.1, -0.05) is 19.3 Å². The van der Waals surface area contributed by atoms with Gasteiger partial charge in [0, 0.05) is 12.1 Å². The van der Waals surface area contributed by atoms with Gasteiger partial charge in [0.05, 0.1) is 0 Å². The summed E-state index contributed by atoms with van der Waals surface area (Å²) < 4.78 is 0. The summed E-state index contributed by atoms with van der Waals surface area (Å²) in [6.07, 6.45) is 6.93. The minimum absolute atomic E-state index is 0.0384. The van der Waals surface area contributed by atoms with Gasteiger partial charge in [0.1, 0.15) is 0 Å². The predicted molar refractivity (Wildman–Crippen MR) is 55.5 cm³/mol. The Labute approximate surface area is 81.3 Å². The molecule has 2 rings (SSSR count). The van der Waals surface area contributed by atoms with Gasteiger partial charge < -0.3 is 11.1 Å². The monoisotopic (exact) mass is 182 g/mol. The molecule has 1 heterocycles. The molecule has 0 amide bonds. The van der Waals surface area contributed by atoms with Crippen LogP contribution < -0.4 is 11.1 Å². The number of rotatable bonds is 0. The molecule has 1 aliphatic heterocycles. The number of nitrogens with two attached hydrogens (primary N) is 1. The van der Waals surface area contributed by atoms with Crippen LogP contribution in [0.3, 0.4) is 0 Å². The van der Waals surface area contributed by atoms with E-state index in [9.17, 15) is 0 Å². The van der Waals surface area contributed by atoms with Crippen molar-refractivity contribution in [2.45, 2.75) is 44.6 Å². The van der Waals surface area contributed by atoms with Crippen molar-refractivity contribution in [3.8, 4) is 0 Å². The van der Waals surface area contributed by atoms with Crippen LogP contribution in [-0.4, -0.2) is 18.6 Å². The lowest BCUT2D eigenvalue weighted by Gasteiger charge is -2.32. The molecule has 0 aromatic carbocycles. The van der Waals surface area contributed by atoms with Gasteiger partial charge >= 0.3 is 0 Å². The van der Waals surface area contributed by atoms with Crippen molar-refractivity contribution >= 4 is 0 Å². The van der Waals surface area contributed by atoms with E-state index in [0.717, 1.165) is 18.4 Å². The predicted octanol–water partition coefficient (Wildman–Crippen LogP) is 1.50. The molecular formula is C11H22N2. The molecule has 0 aromatic rings. The molecule has 2 aliphatic rings. The van der Waals surface area contributed by atoms with Crippen molar-refractivity contribution in [1.29, 1.82) is 0 Å². The Kier molecular flexibility index (Phi) is 2.61. The summed E-state index contributed by atoms with van der Waals surface area (Å²) in [7, 11) is 0. The highest BCUT2D eigenvalue weighted by molar-refractivity contribution is 4.91. The largest absolute Gasteiger partial charge is 0.324 e. The van der Waals surface area contributed by atoms with Crippen LogP contribution in [0.1, 0.15) is 39.0 Å². The highest BCUT2D eigenvalue weighted by Crippen LogP contribution is 2.35. The van der Waals surface area contributed by atoms with E-state index in [1.54, 1.807) is 0 Å². The quantitative estimate of drug-likeness (QED) is 0.596. The number of hydrogen-bond donors (Lipinski definition) is 2. The van der Waals surface area contributed by atoms with Crippen LogP contribution in [0.5, 0.6) is 0 Å². The Hall–Kier alpha value is -0.0800. The molecule has 0 bridgehead atoms. The lowest BCUT2D eigenvalue weighted by molar-refractivity contribution is 0.215. The van der Waals surface area contributed by atoms with Gasteiger partial charge in [0.2, 0.25) is 0 Å². The van der Waals surface area contributed by atoms with Gasteiger partial charge in [-0.2, -0.15) is 0 Å². The van der Waals surface area contributed by atoms with Gasteiger partial charge in [-0.25, -0.2) is 0 Å². The third-order valence-electron chi connectivity index (χ3n) is 3.73. The second-order valence-electron chi connectivity index (χ2n) is 5.29. The Morgan fingerprint density at radius 3 is 2.69 bits per heavy atom. The lowest BCUT2D eigenvalue weighted by atomic mass is 9.75. The SMILES string of the molecule is CC1(N)CNCC2CCCCC2C1. The fraction of sp³-hybridized carbons (Fsp3) is 1.00. The molecule has 0 radical (unpaired) electrons. The van der Waals surface area contributed by atoms with Crippen LogP contribution in [0.2, 0.25) is 0 Å². The topological polar surface area (TPSA) is 38.0 Å². The lowest BCUT2D eigenvalue weighted by Crippen LogP contribution is -2.45. The summed E-state index contributed by atoms with van der Waals surface area (Å²) in [5.74, 6) is 1.82. The number of nitrogens with one attached hydrogen (secondary N) is 1. The summed E-state index contributed by atoms with van der Waals surface area (Å²) >= 11 is 0. The Morgan fingerprint density at radius 2 is 1.92 bits per heavy atom. The maximum Gasteiger partial charge on any atom is 0.0254 e. The summed E-state index contributed by atoms with van der Waals surface area (Å²) in [6, 6.07) is 0. The van der Waals surface area contributed by atoms with Crippen LogP contribution in [-0.2, 0) is 0 Å². The van der Waals surface area contributed by atoms with Crippen LogP contribution in [0.25, 0.3) is 0 Å². The second-order valence-corrected chi connectivity index (χ2v) is 5.29. The molecule has 3 atom stereocenters. The molecule has 1 aliphatic carbocycles. The van der Waals surface area contributed by atoms with Crippen LogP contribution in [0, 0.1) is 11.8 Å². The number of fused-ring (bicyclic) bond motifs is 1. The zero-order valence-electron chi connectivity index (χ0n) is 8.68. The van der Waals surface area contributed by atoms with E-state index in [4.69, 9.17) is 5.73 Å². The molecule has 2 fully saturated rings. The van der Waals surface area contributed by atoms with E-state index >= 15 is 0 Å². The molecule has 3 N–H and O–H groups in total. The first-order chi connectivity index (χ1) is 6.17. The molecule has 0 aromatic heterocycles. The fourth-order valence-corrected chi connectivity index (χ4v) is 3.04. The molecule has 76 valence electrons. The zero-order valence-corrected chi connectivity index (χ0v) is 8.68. The third kappa shape index (κ3) is 2.23. The number of hydrogen-bond acceptors (Lipinski definition) is 2. The van der Waals surface area contributed by atoms with Crippen molar-refractivity contribution in [2.75, 3.05) is 13.1 Å². The average Bonchev–Trinajstić information content (AvgIpc) is 2.21. The maximum absolute atomic E-state index is 6.22. The Bertz CT molecular complexity index is 177. The second kappa shape index (κ2) is 3.58. The van der Waals surface area contributed by atoms with Gasteiger partial charge in [0.15, 0.2) is 0 Å². The van der Waals surface area contributed by atoms with E-state index in [0.29, 0.717) is 0 Å². The first kappa shape index (κ1) is 9.47. The van der Waals surface area contributed by atoms with Crippen molar-refractivity contribution in [1.82, 2.24) is 5.32 Å².